The lowest BCUT2D eigenvalue weighted by molar-refractivity contribution is 0.567. The standard InChI is InChI=1S/C18H16.C7H8.C4H4O/c1-3-7-15-13(5-1)9-11-18-16-8-4-2-6-14(16)10-12-17(15)18;1-7-5-3-2-4-6-7;1-2-4-5-3-1/h1,3,5,7,9-12H,2,4,6,8H2;2-6H,1H3;1-4H. The van der Waals surface area contributed by atoms with Crippen molar-refractivity contribution in [3.8, 4) is 0 Å². The summed E-state index contributed by atoms with van der Waals surface area (Å²) in [7, 11) is 0. The molecule has 0 amide bonds. The first-order chi connectivity index (χ1) is 14.8. The van der Waals surface area contributed by atoms with E-state index in [9.17, 15) is 0 Å². The smallest absolute Gasteiger partial charge is 0.0902 e. The molecule has 0 N–H and O–H groups in total. The van der Waals surface area contributed by atoms with E-state index in [2.05, 4.69) is 72.0 Å². The van der Waals surface area contributed by atoms with Crippen LogP contribution in [0.25, 0.3) is 21.5 Å². The van der Waals surface area contributed by atoms with Crippen molar-refractivity contribution in [2.45, 2.75) is 32.6 Å². The van der Waals surface area contributed by atoms with Gasteiger partial charge in [0.15, 0.2) is 0 Å². The first kappa shape index (κ1) is 20.0. The molecule has 0 spiro atoms. The molecule has 1 aromatic heterocycles. The zero-order chi connectivity index (χ0) is 20.6. The average Bonchev–Trinajstić information content (AvgIpc) is 3.40. The lowest BCUT2D eigenvalue weighted by Gasteiger charge is -2.18. The van der Waals surface area contributed by atoms with Crippen LogP contribution >= 0.6 is 0 Å². The molecule has 0 unspecified atom stereocenters. The van der Waals surface area contributed by atoms with Crippen molar-refractivity contribution in [3.05, 3.63) is 120 Å². The van der Waals surface area contributed by atoms with E-state index in [0.717, 1.165) is 0 Å². The van der Waals surface area contributed by atoms with Crippen molar-refractivity contribution in [1.82, 2.24) is 0 Å². The lowest BCUT2D eigenvalue weighted by Crippen LogP contribution is -2.02. The molecule has 1 heterocycles. The van der Waals surface area contributed by atoms with Crippen molar-refractivity contribution in [3.63, 3.8) is 0 Å². The summed E-state index contributed by atoms with van der Waals surface area (Å²) in [6.45, 7) is 2.08. The van der Waals surface area contributed by atoms with E-state index in [-0.39, 0.29) is 0 Å². The minimum atomic E-state index is 1.25. The minimum absolute atomic E-state index is 1.25. The summed E-state index contributed by atoms with van der Waals surface area (Å²) in [5, 5.41) is 5.64. The molecule has 1 aliphatic rings. The number of rotatable bonds is 0. The van der Waals surface area contributed by atoms with Crippen LogP contribution in [0.5, 0.6) is 0 Å². The molecule has 0 atom stereocenters. The largest absolute Gasteiger partial charge is 0.473 e. The number of fused-ring (bicyclic) bond motifs is 5. The van der Waals surface area contributed by atoms with E-state index in [1.807, 2.05) is 30.3 Å². The summed E-state index contributed by atoms with van der Waals surface area (Å²) in [4.78, 5) is 0. The predicted molar refractivity (Wildman–Crippen MR) is 128 cm³/mol. The summed E-state index contributed by atoms with van der Waals surface area (Å²) < 4.78 is 4.58. The predicted octanol–water partition coefficient (Wildman–Crippen LogP) is 8.15. The molecule has 4 aromatic carbocycles. The second-order valence-electron chi connectivity index (χ2n) is 7.74. The van der Waals surface area contributed by atoms with Gasteiger partial charge in [-0.05, 0) is 77.4 Å². The SMILES string of the molecule is Cc1ccccc1.c1ccc2c(c1)ccc1c3c(ccc12)CCCC3.c1ccoc1. The molecule has 1 heteroatoms. The number of hydrogen-bond donors (Lipinski definition) is 0. The summed E-state index contributed by atoms with van der Waals surface area (Å²) >= 11 is 0. The fourth-order valence-corrected chi connectivity index (χ4v) is 4.10. The fraction of sp³-hybridized carbons (Fsp3) is 0.172. The summed E-state index contributed by atoms with van der Waals surface area (Å²) in [5.41, 5.74) is 4.50. The van der Waals surface area contributed by atoms with Crippen LogP contribution in [0.3, 0.4) is 0 Å². The molecule has 0 bridgehead atoms. The van der Waals surface area contributed by atoms with Gasteiger partial charge in [0.1, 0.15) is 0 Å². The van der Waals surface area contributed by atoms with E-state index in [4.69, 9.17) is 0 Å². The molecular formula is C29H28O. The quantitative estimate of drug-likeness (QED) is 0.242. The van der Waals surface area contributed by atoms with Gasteiger partial charge in [-0.15, -0.1) is 0 Å². The van der Waals surface area contributed by atoms with Crippen LogP contribution in [-0.2, 0) is 12.8 Å². The van der Waals surface area contributed by atoms with Crippen molar-refractivity contribution in [1.29, 1.82) is 0 Å². The van der Waals surface area contributed by atoms with E-state index in [1.54, 1.807) is 23.7 Å². The van der Waals surface area contributed by atoms with Crippen molar-refractivity contribution >= 4 is 21.5 Å². The zero-order valence-corrected chi connectivity index (χ0v) is 17.6. The maximum absolute atomic E-state index is 4.58. The van der Waals surface area contributed by atoms with Crippen LogP contribution in [0.15, 0.2) is 108 Å². The van der Waals surface area contributed by atoms with Gasteiger partial charge in [-0.1, -0.05) is 84.4 Å². The first-order valence-electron chi connectivity index (χ1n) is 10.7. The van der Waals surface area contributed by atoms with Gasteiger partial charge in [0.2, 0.25) is 0 Å². The second kappa shape index (κ2) is 9.93. The van der Waals surface area contributed by atoms with E-state index in [1.165, 1.54) is 52.8 Å². The maximum atomic E-state index is 4.58. The van der Waals surface area contributed by atoms with Gasteiger partial charge in [-0.3, -0.25) is 0 Å². The molecule has 5 aromatic rings. The Morgan fingerprint density at radius 3 is 1.97 bits per heavy atom. The molecule has 1 aliphatic carbocycles. The van der Waals surface area contributed by atoms with Crippen LogP contribution in [0.2, 0.25) is 0 Å². The number of furan rings is 1. The van der Waals surface area contributed by atoms with E-state index in [0.29, 0.717) is 0 Å². The molecule has 0 aliphatic heterocycles. The Morgan fingerprint density at radius 2 is 1.27 bits per heavy atom. The lowest BCUT2D eigenvalue weighted by atomic mass is 9.86. The van der Waals surface area contributed by atoms with Crippen molar-refractivity contribution < 1.29 is 4.42 Å². The van der Waals surface area contributed by atoms with Gasteiger partial charge < -0.3 is 4.42 Å². The fourth-order valence-electron chi connectivity index (χ4n) is 4.10. The van der Waals surface area contributed by atoms with Gasteiger partial charge in [-0.25, -0.2) is 0 Å². The highest BCUT2D eigenvalue weighted by Crippen LogP contribution is 2.33. The van der Waals surface area contributed by atoms with E-state index >= 15 is 0 Å². The Hall–Kier alpha value is -3.32. The molecule has 6 rings (SSSR count). The van der Waals surface area contributed by atoms with Crippen molar-refractivity contribution in [2.24, 2.45) is 0 Å². The normalized spacial score (nSPS) is 12.3. The Labute approximate surface area is 179 Å². The van der Waals surface area contributed by atoms with Gasteiger partial charge in [0.25, 0.3) is 0 Å². The maximum Gasteiger partial charge on any atom is 0.0902 e. The van der Waals surface area contributed by atoms with Crippen molar-refractivity contribution in [2.75, 3.05) is 0 Å². The van der Waals surface area contributed by atoms with Crippen LogP contribution < -0.4 is 0 Å². The van der Waals surface area contributed by atoms with E-state index < -0.39 is 0 Å². The van der Waals surface area contributed by atoms with Gasteiger partial charge in [0.05, 0.1) is 12.5 Å². The molecule has 30 heavy (non-hydrogen) atoms. The molecule has 0 radical (unpaired) electrons. The highest BCUT2D eigenvalue weighted by Gasteiger charge is 2.13. The van der Waals surface area contributed by atoms with Crippen LogP contribution in [0.4, 0.5) is 0 Å². The Kier molecular flexibility index (Phi) is 6.61. The summed E-state index contributed by atoms with van der Waals surface area (Å²) in [6.07, 6.45) is 8.47. The number of hydrogen-bond acceptors (Lipinski definition) is 1. The average molecular weight is 393 g/mol. The summed E-state index contributed by atoms with van der Waals surface area (Å²) in [6, 6.07) is 31.9. The third-order valence-electron chi connectivity index (χ3n) is 5.62. The minimum Gasteiger partial charge on any atom is -0.473 e. The van der Waals surface area contributed by atoms with Gasteiger partial charge >= 0.3 is 0 Å². The van der Waals surface area contributed by atoms with Gasteiger partial charge in [0, 0.05) is 0 Å². The first-order valence-corrected chi connectivity index (χ1v) is 10.7. The van der Waals surface area contributed by atoms with Crippen LogP contribution in [-0.4, -0.2) is 0 Å². The topological polar surface area (TPSA) is 13.1 Å². The zero-order valence-electron chi connectivity index (χ0n) is 17.6. The third kappa shape index (κ3) is 4.80. The molecule has 1 nitrogen and oxygen atoms in total. The highest BCUT2D eigenvalue weighted by molar-refractivity contribution is 6.08. The van der Waals surface area contributed by atoms with Crippen LogP contribution in [0.1, 0.15) is 29.5 Å². The number of aryl methyl sites for hydroxylation is 3. The highest BCUT2D eigenvalue weighted by atomic mass is 16.3. The molecule has 0 fully saturated rings. The Balaban J connectivity index is 0.000000149. The molecule has 0 saturated heterocycles. The molecule has 0 saturated carbocycles. The van der Waals surface area contributed by atoms with Crippen LogP contribution in [0, 0.1) is 6.92 Å². The molecule has 150 valence electrons. The second-order valence-corrected chi connectivity index (χ2v) is 7.74. The Bertz CT molecular complexity index is 1170. The number of benzene rings is 4. The summed E-state index contributed by atoms with van der Waals surface area (Å²) in [5.74, 6) is 0. The monoisotopic (exact) mass is 392 g/mol. The Morgan fingerprint density at radius 1 is 0.567 bits per heavy atom. The third-order valence-corrected chi connectivity index (χ3v) is 5.62. The molecular weight excluding hydrogens is 364 g/mol. The van der Waals surface area contributed by atoms with Gasteiger partial charge in [-0.2, -0.15) is 0 Å².